The largest absolute Gasteiger partial charge is 0.389 e. The van der Waals surface area contributed by atoms with Gasteiger partial charge in [0.05, 0.1) is 12.6 Å². The van der Waals surface area contributed by atoms with Crippen LogP contribution in [0.25, 0.3) is 0 Å². The topological polar surface area (TPSA) is 152 Å². The van der Waals surface area contributed by atoms with Crippen LogP contribution in [-0.4, -0.2) is 83.8 Å². The van der Waals surface area contributed by atoms with E-state index in [-0.39, 0.29) is 13.2 Å². The summed E-state index contributed by atoms with van der Waals surface area (Å²) in [5.41, 5.74) is 0. The average Bonchev–Trinajstić information content (AvgIpc) is 2.97. The molecule has 6 N–H and O–H groups in total. The van der Waals surface area contributed by atoms with Crippen molar-refractivity contribution in [3.63, 3.8) is 0 Å². The van der Waals surface area contributed by atoms with Crippen LogP contribution in [0.3, 0.4) is 0 Å². The van der Waals surface area contributed by atoms with Crippen molar-refractivity contribution in [1.29, 1.82) is 0 Å². The summed E-state index contributed by atoms with van der Waals surface area (Å²) in [5, 5.41) is 40.0. The minimum absolute atomic E-state index is 0.0878. The Kier molecular flexibility index (Phi) is 8.19. The first-order chi connectivity index (χ1) is 12.3. The van der Waals surface area contributed by atoms with Crippen LogP contribution in [0.1, 0.15) is 45.4 Å². The van der Waals surface area contributed by atoms with Crippen LogP contribution >= 0.6 is 0 Å². The van der Waals surface area contributed by atoms with E-state index in [0.717, 1.165) is 30.6 Å². The molecule has 6 atom stereocenters. The Labute approximate surface area is 154 Å². The zero-order valence-electron chi connectivity index (χ0n) is 15.0. The molecule has 4 unspecified atom stereocenters. The van der Waals surface area contributed by atoms with Gasteiger partial charge in [0.25, 0.3) is 10.2 Å². The van der Waals surface area contributed by atoms with Gasteiger partial charge >= 0.3 is 0 Å². The lowest BCUT2D eigenvalue weighted by atomic mass is 9.93. The Bertz CT molecular complexity index is 535. The molecule has 26 heavy (non-hydrogen) atoms. The number of nitrogens with one attached hydrogen (secondary N) is 2. The van der Waals surface area contributed by atoms with E-state index < -0.39 is 47.1 Å². The summed E-state index contributed by atoms with van der Waals surface area (Å²) in [6.45, 7) is 2.29. The van der Waals surface area contributed by atoms with Gasteiger partial charge in [-0.2, -0.15) is 13.1 Å². The molecule has 2 saturated heterocycles. The number of hydrogen-bond donors (Lipinski definition) is 6. The van der Waals surface area contributed by atoms with Crippen molar-refractivity contribution in [2.24, 2.45) is 0 Å². The van der Waals surface area contributed by atoms with Crippen LogP contribution in [0, 0.1) is 0 Å². The number of fused-ring (bicyclic) bond motifs is 1. The highest BCUT2D eigenvalue weighted by atomic mass is 32.2. The van der Waals surface area contributed by atoms with Crippen molar-refractivity contribution < 1.29 is 33.6 Å². The van der Waals surface area contributed by atoms with E-state index in [1.165, 1.54) is 6.42 Å². The van der Waals surface area contributed by atoms with Gasteiger partial charge in [-0.25, -0.2) is 9.62 Å². The summed E-state index contributed by atoms with van der Waals surface area (Å²) in [6, 6.07) is -0.824. The Balaban J connectivity index is 1.88. The van der Waals surface area contributed by atoms with E-state index in [4.69, 9.17) is 4.74 Å². The van der Waals surface area contributed by atoms with Gasteiger partial charge in [-0.3, -0.25) is 0 Å². The molecule has 0 spiro atoms. The van der Waals surface area contributed by atoms with Crippen LogP contribution in [0.5, 0.6) is 0 Å². The molecule has 0 aromatic rings. The zero-order chi connectivity index (χ0) is 19.3. The second-order valence-electron chi connectivity index (χ2n) is 6.87. The normalized spacial score (nSPS) is 35.6. The number of ether oxygens (including phenoxy) is 1. The van der Waals surface area contributed by atoms with Gasteiger partial charge in [0.1, 0.15) is 24.5 Å². The van der Waals surface area contributed by atoms with Gasteiger partial charge in [0.15, 0.2) is 0 Å². The lowest BCUT2D eigenvalue weighted by molar-refractivity contribution is -0.209. The molecule has 0 radical (unpaired) electrons. The standard InChI is InChI=1S/C15H31N3O7S/c1-2-3-4-5-6-7-8-16-26(23,24)17-14-13(21)12(20)11(19)10-9-25-15(22)18(10)14/h10-17,19-22H,2-9H2,1H3/t10?,11-,12?,13?,14+,15?/m1/s1. The SMILES string of the molecule is CCCCCCCCNS(=O)(=O)N[C@@H]1C(O)C(O)[C@H](O)C2COC(O)N21. The smallest absolute Gasteiger partial charge is 0.278 e. The molecule has 10 nitrogen and oxygen atoms in total. The number of aliphatic hydroxyl groups excluding tert-OH is 4. The van der Waals surface area contributed by atoms with E-state index in [1.807, 2.05) is 0 Å². The monoisotopic (exact) mass is 397 g/mol. The highest BCUT2D eigenvalue weighted by Gasteiger charge is 2.54. The Morgan fingerprint density at radius 2 is 1.65 bits per heavy atom. The van der Waals surface area contributed by atoms with Crippen LogP contribution in [-0.2, 0) is 14.9 Å². The Hall–Kier alpha value is -0.370. The summed E-state index contributed by atoms with van der Waals surface area (Å²) < 4.78 is 34.1. The first-order valence-electron chi connectivity index (χ1n) is 9.16. The van der Waals surface area contributed by atoms with Gasteiger partial charge in [-0.1, -0.05) is 39.0 Å². The van der Waals surface area contributed by atoms with E-state index >= 15 is 0 Å². The Morgan fingerprint density at radius 1 is 1.00 bits per heavy atom. The molecule has 0 aromatic heterocycles. The van der Waals surface area contributed by atoms with Crippen molar-refractivity contribution >= 4 is 10.2 Å². The quantitative estimate of drug-likeness (QED) is 0.236. The molecule has 0 aliphatic carbocycles. The van der Waals surface area contributed by atoms with Crippen molar-refractivity contribution in [2.45, 2.75) is 82.4 Å². The summed E-state index contributed by atoms with van der Waals surface area (Å²) in [5.74, 6) is 0. The van der Waals surface area contributed by atoms with E-state index in [1.54, 1.807) is 0 Å². The fourth-order valence-electron chi connectivity index (χ4n) is 3.38. The Morgan fingerprint density at radius 3 is 2.35 bits per heavy atom. The van der Waals surface area contributed by atoms with Crippen LogP contribution in [0.15, 0.2) is 0 Å². The molecular weight excluding hydrogens is 366 g/mol. The van der Waals surface area contributed by atoms with Crippen LogP contribution in [0.2, 0.25) is 0 Å². The van der Waals surface area contributed by atoms with Crippen molar-refractivity contribution in [1.82, 2.24) is 14.3 Å². The third kappa shape index (κ3) is 5.33. The number of aliphatic hydroxyl groups is 4. The third-order valence-corrected chi connectivity index (χ3v) is 6.03. The van der Waals surface area contributed by atoms with Crippen molar-refractivity contribution in [2.75, 3.05) is 13.2 Å². The predicted molar refractivity (Wildman–Crippen MR) is 92.8 cm³/mol. The molecule has 2 aliphatic heterocycles. The molecule has 154 valence electrons. The zero-order valence-corrected chi connectivity index (χ0v) is 15.8. The van der Waals surface area contributed by atoms with Crippen LogP contribution < -0.4 is 9.44 Å². The second-order valence-corrected chi connectivity index (χ2v) is 8.41. The predicted octanol–water partition coefficient (Wildman–Crippen LogP) is -1.83. The summed E-state index contributed by atoms with van der Waals surface area (Å²) in [6.07, 6.45) is -1.24. The highest BCUT2D eigenvalue weighted by molar-refractivity contribution is 7.87. The number of unbranched alkanes of at least 4 members (excludes halogenated alkanes) is 5. The first kappa shape index (κ1) is 21.9. The summed E-state index contributed by atoms with van der Waals surface area (Å²) in [4.78, 5) is 1.12. The van der Waals surface area contributed by atoms with Gasteiger partial charge in [0.2, 0.25) is 6.41 Å². The molecular formula is C15H31N3O7S. The highest BCUT2D eigenvalue weighted by Crippen LogP contribution is 2.30. The lowest BCUT2D eigenvalue weighted by Gasteiger charge is -2.45. The van der Waals surface area contributed by atoms with Gasteiger partial charge < -0.3 is 25.2 Å². The maximum atomic E-state index is 12.2. The number of piperidine rings is 1. The van der Waals surface area contributed by atoms with Crippen LogP contribution in [0.4, 0.5) is 0 Å². The second kappa shape index (κ2) is 9.71. The fourth-order valence-corrected chi connectivity index (χ4v) is 4.45. The molecule has 0 amide bonds. The lowest BCUT2D eigenvalue weighted by Crippen LogP contribution is -2.71. The molecule has 2 rings (SSSR count). The van der Waals surface area contributed by atoms with Gasteiger partial charge in [-0.15, -0.1) is 0 Å². The molecule has 2 aliphatic rings. The molecule has 2 fully saturated rings. The van der Waals surface area contributed by atoms with E-state index in [9.17, 15) is 28.8 Å². The fraction of sp³-hybridized carbons (Fsp3) is 1.00. The molecule has 0 aromatic carbocycles. The van der Waals surface area contributed by atoms with Crippen molar-refractivity contribution in [3.8, 4) is 0 Å². The number of rotatable bonds is 10. The summed E-state index contributed by atoms with van der Waals surface area (Å²) >= 11 is 0. The minimum atomic E-state index is -3.98. The molecule has 2 heterocycles. The maximum absolute atomic E-state index is 12.2. The third-order valence-electron chi connectivity index (χ3n) is 4.89. The molecule has 0 bridgehead atoms. The first-order valence-corrected chi connectivity index (χ1v) is 10.6. The van der Waals surface area contributed by atoms with Gasteiger partial charge in [0, 0.05) is 6.54 Å². The van der Waals surface area contributed by atoms with Crippen molar-refractivity contribution in [3.05, 3.63) is 0 Å². The number of nitrogens with zero attached hydrogens (tertiary/aromatic N) is 1. The van der Waals surface area contributed by atoms with E-state index in [0.29, 0.717) is 6.42 Å². The maximum Gasteiger partial charge on any atom is 0.278 e. The molecule has 0 saturated carbocycles. The molecule has 11 heteroatoms. The summed E-state index contributed by atoms with van der Waals surface area (Å²) in [7, 11) is -3.98. The van der Waals surface area contributed by atoms with E-state index in [2.05, 4.69) is 16.4 Å². The average molecular weight is 397 g/mol. The number of hydrogen-bond acceptors (Lipinski definition) is 8. The minimum Gasteiger partial charge on any atom is -0.389 e. The van der Waals surface area contributed by atoms with Gasteiger partial charge in [-0.05, 0) is 6.42 Å².